The van der Waals surface area contributed by atoms with Crippen LogP contribution in [0.4, 0.5) is 0 Å². The Morgan fingerprint density at radius 3 is 1.42 bits per heavy atom. The summed E-state index contributed by atoms with van der Waals surface area (Å²) in [4.78, 5) is 17.9. The third kappa shape index (κ3) is 5.22. The van der Waals surface area contributed by atoms with Crippen molar-refractivity contribution >= 4 is 11.8 Å². The van der Waals surface area contributed by atoms with E-state index in [1.54, 1.807) is 0 Å². The summed E-state index contributed by atoms with van der Waals surface area (Å²) in [6.07, 6.45) is 0. The second-order valence-corrected chi connectivity index (χ2v) is 13.5. The minimum Gasteiger partial charge on any atom is -0.208 e. The lowest BCUT2D eigenvalue weighted by Gasteiger charge is -2.42. The van der Waals surface area contributed by atoms with Crippen LogP contribution in [0, 0.1) is 0 Å². The van der Waals surface area contributed by atoms with Gasteiger partial charge in [-0.05, 0) is 57.6 Å². The number of benzene rings is 7. The third-order valence-electron chi connectivity index (χ3n) is 9.46. The van der Waals surface area contributed by atoms with Crippen LogP contribution in [0.2, 0.25) is 0 Å². The molecule has 4 heteroatoms. The summed E-state index contributed by atoms with van der Waals surface area (Å²) in [5.41, 5.74) is 9.48. The summed E-state index contributed by atoms with van der Waals surface area (Å²) in [5.74, 6) is 1.92. The maximum Gasteiger partial charge on any atom is 0.164 e. The van der Waals surface area contributed by atoms with Gasteiger partial charge in [0.1, 0.15) is 0 Å². The van der Waals surface area contributed by atoms with Gasteiger partial charge in [-0.2, -0.15) is 0 Å². The van der Waals surface area contributed by atoms with Crippen LogP contribution in [-0.2, 0) is 5.41 Å². The van der Waals surface area contributed by atoms with Crippen molar-refractivity contribution in [2.45, 2.75) is 15.2 Å². The van der Waals surface area contributed by atoms with Crippen molar-refractivity contribution in [1.29, 1.82) is 0 Å². The summed E-state index contributed by atoms with van der Waals surface area (Å²) in [6.45, 7) is 0. The molecule has 0 unspecified atom stereocenters. The number of hydrogen-bond acceptors (Lipinski definition) is 4. The topological polar surface area (TPSA) is 38.7 Å². The summed E-state index contributed by atoms with van der Waals surface area (Å²) >= 11 is 1.82. The van der Waals surface area contributed by atoms with Crippen LogP contribution < -0.4 is 0 Å². The van der Waals surface area contributed by atoms with E-state index >= 15 is 0 Å². The fourth-order valence-corrected chi connectivity index (χ4v) is 8.34. The Kier molecular flexibility index (Phi) is 7.64. The Morgan fingerprint density at radius 1 is 0.320 bits per heavy atom. The average molecular weight is 658 g/mol. The molecule has 8 aromatic rings. The van der Waals surface area contributed by atoms with Crippen LogP contribution in [0.15, 0.2) is 198 Å². The molecule has 3 nitrogen and oxygen atoms in total. The van der Waals surface area contributed by atoms with E-state index in [9.17, 15) is 0 Å². The maximum atomic E-state index is 5.19. The van der Waals surface area contributed by atoms with E-state index in [-0.39, 0.29) is 0 Å². The van der Waals surface area contributed by atoms with Gasteiger partial charge < -0.3 is 0 Å². The van der Waals surface area contributed by atoms with Crippen LogP contribution in [0.25, 0.3) is 45.3 Å². The van der Waals surface area contributed by atoms with E-state index in [2.05, 4.69) is 164 Å². The molecule has 0 amide bonds. The van der Waals surface area contributed by atoms with Crippen LogP contribution in [0.5, 0.6) is 0 Å². The Balaban J connectivity index is 1.28. The summed E-state index contributed by atoms with van der Waals surface area (Å²) in [5, 5.41) is 0. The van der Waals surface area contributed by atoms with Gasteiger partial charge in [-0.1, -0.05) is 176 Å². The standard InChI is InChI=1S/C46H31N3S/c1-5-16-32(17-6-1)34-20-15-21-35(30-34)44-47-43(33-18-7-2-8-19-33)48-45(49-44)36-28-29-42-40(31-36)46(37-22-9-3-10-23-37,38-24-11-4-12-25-38)39-26-13-14-27-41(39)50-42/h1-31H. The molecule has 236 valence electrons. The lowest BCUT2D eigenvalue weighted by Crippen LogP contribution is -2.34. The molecule has 0 fully saturated rings. The first-order chi connectivity index (χ1) is 24.8. The quantitative estimate of drug-likeness (QED) is 0.178. The molecule has 50 heavy (non-hydrogen) atoms. The highest BCUT2D eigenvalue weighted by Crippen LogP contribution is 2.56. The highest BCUT2D eigenvalue weighted by molar-refractivity contribution is 7.99. The molecule has 1 aliphatic rings. The molecule has 9 rings (SSSR count). The van der Waals surface area contributed by atoms with Gasteiger partial charge in [-0.15, -0.1) is 0 Å². The second kappa shape index (κ2) is 12.7. The Morgan fingerprint density at radius 2 is 0.780 bits per heavy atom. The van der Waals surface area contributed by atoms with Crippen LogP contribution in [0.3, 0.4) is 0 Å². The van der Waals surface area contributed by atoms with Crippen molar-refractivity contribution < 1.29 is 0 Å². The lowest BCUT2D eigenvalue weighted by molar-refractivity contribution is 0.703. The molecular formula is C46H31N3S. The largest absolute Gasteiger partial charge is 0.208 e. The first-order valence-corrected chi connectivity index (χ1v) is 17.6. The van der Waals surface area contributed by atoms with Gasteiger partial charge in [0.25, 0.3) is 0 Å². The summed E-state index contributed by atoms with van der Waals surface area (Å²) < 4.78 is 0. The molecule has 7 aromatic carbocycles. The molecule has 0 N–H and O–H groups in total. The predicted octanol–water partition coefficient (Wildman–Crippen LogP) is 11.4. The lowest BCUT2D eigenvalue weighted by atomic mass is 9.64. The smallest absolute Gasteiger partial charge is 0.164 e. The molecule has 2 heterocycles. The van der Waals surface area contributed by atoms with E-state index in [1.807, 2.05) is 36.0 Å². The van der Waals surface area contributed by atoms with Crippen molar-refractivity contribution in [3.8, 4) is 45.3 Å². The van der Waals surface area contributed by atoms with Gasteiger partial charge in [0.05, 0.1) is 5.41 Å². The minimum absolute atomic E-state index is 0.544. The zero-order chi connectivity index (χ0) is 33.3. The van der Waals surface area contributed by atoms with Crippen molar-refractivity contribution in [1.82, 2.24) is 15.0 Å². The first-order valence-electron chi connectivity index (χ1n) is 16.8. The normalized spacial score (nSPS) is 12.9. The summed E-state index contributed by atoms with van der Waals surface area (Å²) in [6, 6.07) is 66.3. The van der Waals surface area contributed by atoms with Crippen molar-refractivity contribution in [3.05, 3.63) is 210 Å². The van der Waals surface area contributed by atoms with E-state index < -0.39 is 5.41 Å². The average Bonchev–Trinajstić information content (AvgIpc) is 3.21. The molecule has 0 radical (unpaired) electrons. The second-order valence-electron chi connectivity index (χ2n) is 12.4. The van der Waals surface area contributed by atoms with Crippen LogP contribution >= 0.6 is 11.8 Å². The molecule has 1 aliphatic heterocycles. The zero-order valence-electron chi connectivity index (χ0n) is 27.1. The molecule has 0 bridgehead atoms. The van der Waals surface area contributed by atoms with Gasteiger partial charge in [0.2, 0.25) is 0 Å². The molecule has 0 saturated heterocycles. The number of aromatic nitrogens is 3. The Bertz CT molecular complexity index is 2410. The molecule has 0 saturated carbocycles. The highest BCUT2D eigenvalue weighted by atomic mass is 32.2. The number of rotatable bonds is 6. The number of fused-ring (bicyclic) bond motifs is 2. The van der Waals surface area contributed by atoms with Crippen molar-refractivity contribution in [2.24, 2.45) is 0 Å². The van der Waals surface area contributed by atoms with Crippen molar-refractivity contribution in [3.63, 3.8) is 0 Å². The van der Waals surface area contributed by atoms with Gasteiger partial charge >= 0.3 is 0 Å². The predicted molar refractivity (Wildman–Crippen MR) is 204 cm³/mol. The van der Waals surface area contributed by atoms with E-state index in [0.29, 0.717) is 17.5 Å². The third-order valence-corrected chi connectivity index (χ3v) is 10.6. The number of hydrogen-bond donors (Lipinski definition) is 0. The van der Waals surface area contributed by atoms with Gasteiger partial charge in [0, 0.05) is 26.5 Å². The van der Waals surface area contributed by atoms with Gasteiger partial charge in [-0.25, -0.2) is 15.0 Å². The zero-order valence-corrected chi connectivity index (χ0v) is 28.0. The first kappa shape index (κ1) is 30.0. The SMILES string of the molecule is c1ccc(-c2cccc(-c3nc(-c4ccccc4)nc(-c4ccc5c(c4)C(c4ccccc4)(c4ccccc4)c4ccccc4S5)n3)c2)cc1. The molecular weight excluding hydrogens is 627 g/mol. The van der Waals surface area contributed by atoms with Crippen LogP contribution in [0.1, 0.15) is 22.3 Å². The molecule has 1 aromatic heterocycles. The van der Waals surface area contributed by atoms with E-state index in [0.717, 1.165) is 27.8 Å². The highest BCUT2D eigenvalue weighted by Gasteiger charge is 2.44. The summed E-state index contributed by atoms with van der Waals surface area (Å²) in [7, 11) is 0. The van der Waals surface area contributed by atoms with E-state index in [1.165, 1.54) is 32.0 Å². The Labute approximate surface area is 296 Å². The van der Waals surface area contributed by atoms with Gasteiger partial charge in [-0.3, -0.25) is 0 Å². The molecule has 0 atom stereocenters. The minimum atomic E-state index is -0.544. The fourth-order valence-electron chi connectivity index (χ4n) is 7.16. The van der Waals surface area contributed by atoms with E-state index in [4.69, 9.17) is 15.0 Å². The van der Waals surface area contributed by atoms with Crippen LogP contribution in [-0.4, -0.2) is 15.0 Å². The van der Waals surface area contributed by atoms with Gasteiger partial charge in [0.15, 0.2) is 17.5 Å². The molecule has 0 aliphatic carbocycles. The maximum absolute atomic E-state index is 5.19. The number of nitrogens with zero attached hydrogens (tertiary/aromatic N) is 3. The Hall–Kier alpha value is -6.10. The monoisotopic (exact) mass is 657 g/mol. The molecule has 0 spiro atoms. The van der Waals surface area contributed by atoms with Crippen molar-refractivity contribution in [2.75, 3.05) is 0 Å². The fraction of sp³-hybridized carbons (Fsp3) is 0.0217.